The Bertz CT molecular complexity index is 672. The number of hydrogen-bond acceptors (Lipinski definition) is 0. The summed E-state index contributed by atoms with van der Waals surface area (Å²) in [6, 6.07) is 0. The van der Waals surface area contributed by atoms with Crippen molar-refractivity contribution >= 4 is 0 Å². The Morgan fingerprint density at radius 2 is 1.63 bits per heavy atom. The second-order valence-electron chi connectivity index (χ2n) is 11.4. The number of allylic oxidation sites excluding steroid dienone is 7. The van der Waals surface area contributed by atoms with Gasteiger partial charge in [-0.05, 0) is 98.4 Å². The lowest BCUT2D eigenvalue weighted by atomic mass is 9.51. The highest BCUT2D eigenvalue weighted by atomic mass is 14.5. The Morgan fingerprint density at radius 3 is 2.40 bits per heavy atom. The van der Waals surface area contributed by atoms with Gasteiger partial charge in [-0.2, -0.15) is 0 Å². The van der Waals surface area contributed by atoms with Crippen LogP contribution in [0.25, 0.3) is 0 Å². The van der Waals surface area contributed by atoms with Gasteiger partial charge in [0.15, 0.2) is 0 Å². The molecule has 3 rings (SSSR count). The molecule has 4 unspecified atom stereocenters. The van der Waals surface area contributed by atoms with Gasteiger partial charge >= 0.3 is 0 Å². The molecular formula is C30H48. The lowest BCUT2D eigenvalue weighted by Crippen LogP contribution is -2.44. The first-order chi connectivity index (χ1) is 14.3. The second-order valence-corrected chi connectivity index (χ2v) is 11.4. The van der Waals surface area contributed by atoms with Gasteiger partial charge < -0.3 is 0 Å². The van der Waals surface area contributed by atoms with E-state index in [1.165, 1.54) is 76.2 Å². The fourth-order valence-electron chi connectivity index (χ4n) is 6.62. The van der Waals surface area contributed by atoms with Crippen molar-refractivity contribution in [2.45, 2.75) is 105 Å². The molecule has 0 N–H and O–H groups in total. The van der Waals surface area contributed by atoms with Crippen LogP contribution in [0.1, 0.15) is 105 Å². The Hall–Kier alpha value is -1.04. The first-order valence-electron chi connectivity index (χ1n) is 13.1. The summed E-state index contributed by atoms with van der Waals surface area (Å²) in [6.45, 7) is 16.6. The van der Waals surface area contributed by atoms with Gasteiger partial charge in [-0.3, -0.25) is 0 Å². The third-order valence-electron chi connectivity index (χ3n) is 9.06. The van der Waals surface area contributed by atoms with Gasteiger partial charge in [-0.15, -0.1) is 0 Å². The van der Waals surface area contributed by atoms with Gasteiger partial charge in [0, 0.05) is 0 Å². The molecule has 3 fully saturated rings. The Balaban J connectivity index is 1.79. The monoisotopic (exact) mass is 408 g/mol. The fourth-order valence-corrected chi connectivity index (χ4v) is 6.62. The molecule has 0 aromatic heterocycles. The van der Waals surface area contributed by atoms with Crippen LogP contribution >= 0.6 is 0 Å². The van der Waals surface area contributed by atoms with E-state index in [4.69, 9.17) is 0 Å². The van der Waals surface area contributed by atoms with Gasteiger partial charge in [0.25, 0.3) is 0 Å². The minimum Gasteiger partial charge on any atom is -0.0956 e. The third kappa shape index (κ3) is 5.41. The molecule has 3 saturated carbocycles. The quantitative estimate of drug-likeness (QED) is 0.314. The Labute approximate surface area is 188 Å². The predicted octanol–water partition coefficient (Wildman–Crippen LogP) is 9.45. The van der Waals surface area contributed by atoms with Crippen LogP contribution in [-0.4, -0.2) is 0 Å². The molecule has 0 radical (unpaired) electrons. The van der Waals surface area contributed by atoms with Gasteiger partial charge in [0.05, 0.1) is 0 Å². The van der Waals surface area contributed by atoms with Crippen molar-refractivity contribution in [1.29, 1.82) is 0 Å². The minimum atomic E-state index is 0.478. The van der Waals surface area contributed by atoms with Gasteiger partial charge in [-0.25, -0.2) is 0 Å². The summed E-state index contributed by atoms with van der Waals surface area (Å²) in [7, 11) is 0. The molecule has 0 spiro atoms. The minimum absolute atomic E-state index is 0.478. The molecular weight excluding hydrogens is 360 g/mol. The van der Waals surface area contributed by atoms with Crippen LogP contribution in [0.5, 0.6) is 0 Å². The summed E-state index contributed by atoms with van der Waals surface area (Å²) >= 11 is 0. The largest absolute Gasteiger partial charge is 0.0956 e. The molecule has 0 amide bonds. The fraction of sp³-hybridized carbons (Fsp3) is 0.733. The Morgan fingerprint density at radius 1 is 0.867 bits per heavy atom. The van der Waals surface area contributed by atoms with Crippen molar-refractivity contribution in [2.24, 2.45) is 35.0 Å². The predicted molar refractivity (Wildman–Crippen MR) is 133 cm³/mol. The maximum atomic E-state index is 4.39. The zero-order chi connectivity index (χ0) is 21.7. The van der Waals surface area contributed by atoms with Crippen LogP contribution in [0.2, 0.25) is 0 Å². The molecule has 0 bridgehead atoms. The summed E-state index contributed by atoms with van der Waals surface area (Å²) < 4.78 is 0. The molecule has 5 atom stereocenters. The van der Waals surface area contributed by atoms with Crippen molar-refractivity contribution in [3.63, 3.8) is 0 Å². The number of hydrogen-bond donors (Lipinski definition) is 0. The van der Waals surface area contributed by atoms with Crippen molar-refractivity contribution in [2.75, 3.05) is 0 Å². The maximum Gasteiger partial charge on any atom is -0.0143 e. The van der Waals surface area contributed by atoms with Crippen molar-refractivity contribution in [1.82, 2.24) is 0 Å². The summed E-state index contributed by atoms with van der Waals surface area (Å²) in [5.74, 6) is 3.73. The molecule has 0 saturated heterocycles. The zero-order valence-electron chi connectivity index (χ0n) is 20.7. The standard InChI is InChI=1S/C30H48/c1-22(2)23(3)17-18-25(5)28-15-10-16-29-27(14-11-21-30(28,29)6)20-19-26-13-9-7-8-12-24(26)4/h17-20,22-23,25,28-29H,4,7-16,21H2,1-3,5-6H3/b18-17+,26-19-,27-20+/t23?,25?,28?,29?,30-/m1/s1. The molecule has 0 aliphatic heterocycles. The van der Waals surface area contributed by atoms with Gasteiger partial charge in [0.2, 0.25) is 0 Å². The average Bonchev–Trinajstić information content (AvgIpc) is 2.93. The average molecular weight is 409 g/mol. The number of rotatable bonds is 5. The molecule has 0 heterocycles. The topological polar surface area (TPSA) is 0 Å². The highest BCUT2D eigenvalue weighted by molar-refractivity contribution is 5.34. The third-order valence-corrected chi connectivity index (χ3v) is 9.06. The lowest BCUT2D eigenvalue weighted by molar-refractivity contribution is 0.0122. The van der Waals surface area contributed by atoms with Gasteiger partial charge in [-0.1, -0.05) is 89.5 Å². The van der Waals surface area contributed by atoms with Crippen LogP contribution < -0.4 is 0 Å². The lowest BCUT2D eigenvalue weighted by Gasteiger charge is -2.53. The normalized spacial score (nSPS) is 35.6. The van der Waals surface area contributed by atoms with Crippen molar-refractivity contribution in [3.8, 4) is 0 Å². The number of fused-ring (bicyclic) bond motifs is 1. The molecule has 0 heteroatoms. The molecule has 3 aliphatic carbocycles. The van der Waals surface area contributed by atoms with E-state index in [1.807, 2.05) is 0 Å². The zero-order valence-corrected chi connectivity index (χ0v) is 20.7. The van der Waals surface area contributed by atoms with E-state index >= 15 is 0 Å². The second kappa shape index (κ2) is 10.5. The van der Waals surface area contributed by atoms with Crippen molar-refractivity contribution < 1.29 is 0 Å². The van der Waals surface area contributed by atoms with Crippen LogP contribution in [-0.2, 0) is 0 Å². The highest BCUT2D eigenvalue weighted by Crippen LogP contribution is 2.57. The van der Waals surface area contributed by atoms with E-state index in [9.17, 15) is 0 Å². The van der Waals surface area contributed by atoms with E-state index in [0.717, 1.165) is 17.8 Å². The van der Waals surface area contributed by atoms with E-state index in [2.05, 4.69) is 65.5 Å². The van der Waals surface area contributed by atoms with Gasteiger partial charge in [0.1, 0.15) is 0 Å². The van der Waals surface area contributed by atoms with E-state index in [-0.39, 0.29) is 0 Å². The SMILES string of the molecule is C=C1CCCCC/C1=C/C=C1\CCC[C@@]2(C)C1CCCC2C(C)/C=C/C(C)C(C)C. The summed E-state index contributed by atoms with van der Waals surface area (Å²) in [6.07, 6.45) is 24.9. The smallest absolute Gasteiger partial charge is 0.0143 e. The maximum absolute atomic E-state index is 4.39. The van der Waals surface area contributed by atoms with Crippen LogP contribution in [0.15, 0.2) is 47.6 Å². The van der Waals surface area contributed by atoms with Crippen LogP contribution in [0, 0.1) is 35.0 Å². The molecule has 0 nitrogen and oxygen atoms in total. The first kappa shape index (κ1) is 23.6. The van der Waals surface area contributed by atoms with E-state index in [1.54, 1.807) is 11.1 Å². The van der Waals surface area contributed by atoms with Crippen LogP contribution in [0.4, 0.5) is 0 Å². The summed E-state index contributed by atoms with van der Waals surface area (Å²) in [4.78, 5) is 0. The summed E-state index contributed by atoms with van der Waals surface area (Å²) in [5.41, 5.74) is 5.18. The highest BCUT2D eigenvalue weighted by Gasteiger charge is 2.47. The summed E-state index contributed by atoms with van der Waals surface area (Å²) in [5, 5.41) is 0. The van der Waals surface area contributed by atoms with Crippen molar-refractivity contribution in [3.05, 3.63) is 47.6 Å². The molecule has 3 aliphatic rings. The molecule has 0 aromatic rings. The first-order valence-corrected chi connectivity index (χ1v) is 13.1. The van der Waals surface area contributed by atoms with E-state index in [0.29, 0.717) is 17.3 Å². The Kier molecular flexibility index (Phi) is 8.28. The molecule has 0 aromatic carbocycles. The molecule has 168 valence electrons. The van der Waals surface area contributed by atoms with E-state index < -0.39 is 0 Å². The molecule has 30 heavy (non-hydrogen) atoms. The van der Waals surface area contributed by atoms with Crippen LogP contribution in [0.3, 0.4) is 0 Å².